The molecule has 0 saturated carbocycles. The maximum atomic E-state index is 13.8. The normalized spacial score (nSPS) is 20.3. The first kappa shape index (κ1) is 32.8. The molecule has 248 valence electrons. The zero-order valence-electron chi connectivity index (χ0n) is 26.3. The van der Waals surface area contributed by atoms with Crippen LogP contribution in [0.4, 0.5) is 24.7 Å². The van der Waals surface area contributed by atoms with Gasteiger partial charge >= 0.3 is 12.2 Å². The number of alkyl halides is 3. The van der Waals surface area contributed by atoms with Crippen LogP contribution in [-0.2, 0) is 23.9 Å². The molecule has 1 aromatic heterocycles. The van der Waals surface area contributed by atoms with Crippen molar-refractivity contribution < 1.29 is 22.7 Å². The first-order valence-corrected chi connectivity index (χ1v) is 16.3. The topological polar surface area (TPSA) is 69.4 Å². The molecule has 0 N–H and O–H groups in total. The lowest BCUT2D eigenvalue weighted by Gasteiger charge is -2.41. The fraction of sp³-hybridized carbons (Fsp3) is 0.471. The van der Waals surface area contributed by atoms with Crippen molar-refractivity contribution in [1.82, 2.24) is 19.8 Å². The Morgan fingerprint density at radius 2 is 2.00 bits per heavy atom. The number of rotatable bonds is 8. The molecule has 0 radical (unpaired) electrons. The molecule has 2 aromatic carbocycles. The number of fused-ring (bicyclic) bond motifs is 2. The lowest BCUT2D eigenvalue weighted by molar-refractivity contribution is -0.137. The molecule has 3 aromatic rings. The summed E-state index contributed by atoms with van der Waals surface area (Å²) in [6.45, 7) is 18.0. The van der Waals surface area contributed by atoms with Gasteiger partial charge < -0.3 is 24.3 Å². The van der Waals surface area contributed by atoms with E-state index in [1.807, 2.05) is 17.0 Å². The van der Waals surface area contributed by atoms with Crippen molar-refractivity contribution in [2.75, 3.05) is 62.2 Å². The standard InChI is InChI=1S/C34H37ClF3N7O2/c1-4-31(46)45-15-14-44(19-24(45)18-39-3)32-25-11-13-43(20-29(25)40-33(41-32)47-21-23-9-7-12-42(23)5-2)30-10-6-8-22-16-28(35)27(17-26(22)30)34(36,37)38/h4,6,8,10,16-17,23-24H,1,5,7,9,11-15,18-21H2,2H3/t23-,24-/m0/s1. The fourth-order valence-corrected chi connectivity index (χ4v) is 7.36. The summed E-state index contributed by atoms with van der Waals surface area (Å²) in [6.07, 6.45) is -0.620. The number of likely N-dealkylation sites (tertiary alicyclic amines) is 1. The summed E-state index contributed by atoms with van der Waals surface area (Å²) in [5, 5.41) is 0.749. The van der Waals surface area contributed by atoms with Gasteiger partial charge in [-0.2, -0.15) is 23.1 Å². The van der Waals surface area contributed by atoms with E-state index in [9.17, 15) is 18.0 Å². The average Bonchev–Trinajstić information content (AvgIpc) is 3.53. The third-order valence-electron chi connectivity index (χ3n) is 9.47. The van der Waals surface area contributed by atoms with Gasteiger partial charge in [0.15, 0.2) is 0 Å². The average molecular weight is 668 g/mol. The van der Waals surface area contributed by atoms with Crippen molar-refractivity contribution in [2.24, 2.45) is 0 Å². The van der Waals surface area contributed by atoms with Crippen LogP contribution < -0.4 is 14.5 Å². The number of carbonyl (C=O) groups is 1. The van der Waals surface area contributed by atoms with Gasteiger partial charge in [-0.15, -0.1) is 0 Å². The highest BCUT2D eigenvalue weighted by molar-refractivity contribution is 6.32. The zero-order valence-corrected chi connectivity index (χ0v) is 27.0. The van der Waals surface area contributed by atoms with Crippen LogP contribution in [0.2, 0.25) is 5.02 Å². The minimum Gasteiger partial charge on any atom is -0.462 e. The second kappa shape index (κ2) is 13.6. The molecule has 0 unspecified atom stereocenters. The number of halogens is 4. The van der Waals surface area contributed by atoms with Crippen LogP contribution >= 0.6 is 11.6 Å². The van der Waals surface area contributed by atoms with Gasteiger partial charge in [-0.1, -0.05) is 37.2 Å². The monoisotopic (exact) mass is 667 g/mol. The van der Waals surface area contributed by atoms with Gasteiger partial charge in [-0.3, -0.25) is 9.69 Å². The molecule has 0 bridgehead atoms. The van der Waals surface area contributed by atoms with Crippen LogP contribution in [0.3, 0.4) is 0 Å². The van der Waals surface area contributed by atoms with Crippen molar-refractivity contribution in [1.29, 1.82) is 0 Å². The molecule has 13 heteroatoms. The summed E-state index contributed by atoms with van der Waals surface area (Å²) in [4.78, 5) is 34.2. The Labute approximate surface area is 277 Å². The highest BCUT2D eigenvalue weighted by Crippen LogP contribution is 2.41. The van der Waals surface area contributed by atoms with Crippen LogP contribution in [0.5, 0.6) is 6.01 Å². The second-order valence-corrected chi connectivity index (χ2v) is 12.6. The van der Waals surface area contributed by atoms with Crippen molar-refractivity contribution in [2.45, 2.75) is 51.0 Å². The Balaban J connectivity index is 1.35. The van der Waals surface area contributed by atoms with Gasteiger partial charge in [-0.05, 0) is 62.0 Å². The van der Waals surface area contributed by atoms with Gasteiger partial charge in [0.2, 0.25) is 12.5 Å². The summed E-state index contributed by atoms with van der Waals surface area (Å²) in [5.74, 6) is 0.512. The molecule has 2 atom stereocenters. The number of hydrogen-bond acceptors (Lipinski definition) is 7. The van der Waals surface area contributed by atoms with Crippen LogP contribution in [0.15, 0.2) is 43.0 Å². The number of ether oxygens (including phenoxy) is 1. The Hall–Kier alpha value is -4.08. The van der Waals surface area contributed by atoms with Crippen molar-refractivity contribution >= 4 is 39.8 Å². The van der Waals surface area contributed by atoms with Gasteiger partial charge in [0, 0.05) is 48.9 Å². The number of nitrogens with zero attached hydrogens (tertiary/aromatic N) is 7. The number of piperazine rings is 1. The molecule has 0 spiro atoms. The maximum absolute atomic E-state index is 13.8. The Bertz CT molecular complexity index is 1710. The molecule has 9 nitrogen and oxygen atoms in total. The second-order valence-electron chi connectivity index (χ2n) is 12.2. The van der Waals surface area contributed by atoms with Crippen LogP contribution in [0.25, 0.3) is 15.6 Å². The number of aromatic nitrogens is 2. The molecule has 1 amide bonds. The molecule has 2 saturated heterocycles. The number of amides is 1. The lowest BCUT2D eigenvalue weighted by atomic mass is 10.00. The summed E-state index contributed by atoms with van der Waals surface area (Å²) < 4.78 is 47.8. The van der Waals surface area contributed by atoms with Crippen molar-refractivity contribution in [3.8, 4) is 6.01 Å². The van der Waals surface area contributed by atoms with E-state index in [2.05, 4.69) is 28.1 Å². The predicted molar refractivity (Wildman–Crippen MR) is 176 cm³/mol. The summed E-state index contributed by atoms with van der Waals surface area (Å²) >= 11 is 6.05. The number of anilines is 2. The van der Waals surface area contributed by atoms with E-state index < -0.39 is 11.7 Å². The predicted octanol–water partition coefficient (Wildman–Crippen LogP) is 5.85. The van der Waals surface area contributed by atoms with E-state index in [0.29, 0.717) is 68.0 Å². The van der Waals surface area contributed by atoms with Crippen molar-refractivity contribution in [3.05, 3.63) is 76.2 Å². The van der Waals surface area contributed by atoms with E-state index in [1.54, 1.807) is 11.0 Å². The quantitative estimate of drug-likeness (QED) is 0.221. The van der Waals surface area contributed by atoms with Gasteiger partial charge in [0.25, 0.3) is 0 Å². The highest BCUT2D eigenvalue weighted by Gasteiger charge is 2.36. The summed E-state index contributed by atoms with van der Waals surface area (Å²) in [6, 6.07) is 8.08. The summed E-state index contributed by atoms with van der Waals surface area (Å²) in [5.41, 5.74) is 1.47. The van der Waals surface area contributed by atoms with E-state index in [1.165, 1.54) is 12.1 Å². The van der Waals surface area contributed by atoms with E-state index >= 15 is 0 Å². The number of carbonyl (C=O) groups excluding carboxylic acids is 1. The third kappa shape index (κ3) is 6.69. The number of benzene rings is 2. The van der Waals surface area contributed by atoms with Crippen molar-refractivity contribution in [3.63, 3.8) is 0 Å². The number of hydrogen-bond donors (Lipinski definition) is 0. The molecule has 2 fully saturated rings. The smallest absolute Gasteiger partial charge is 0.417 e. The number of likely N-dealkylation sites (N-methyl/N-ethyl adjacent to an activating group) is 1. The van der Waals surface area contributed by atoms with Gasteiger partial charge in [-0.25, -0.2) is 6.57 Å². The minimum atomic E-state index is -4.58. The molecule has 0 aliphatic carbocycles. The SMILES string of the molecule is [C-]#[N+]C[C@H]1CN(c2nc(OC[C@@H]3CCCN3CC)nc3c2CCN(c2cccc4cc(Cl)c(C(F)(F)F)cc24)C3)CCN1C(=O)C=C. The highest BCUT2D eigenvalue weighted by atomic mass is 35.5. The first-order chi connectivity index (χ1) is 22.6. The maximum Gasteiger partial charge on any atom is 0.417 e. The molecular formula is C34H37ClF3N7O2. The van der Waals surface area contributed by atoms with E-state index in [-0.39, 0.29) is 35.6 Å². The minimum absolute atomic E-state index is 0.153. The first-order valence-electron chi connectivity index (χ1n) is 15.9. The zero-order chi connectivity index (χ0) is 33.3. The third-order valence-corrected chi connectivity index (χ3v) is 9.78. The molecule has 3 aliphatic rings. The van der Waals surface area contributed by atoms with Crippen LogP contribution in [0, 0.1) is 6.57 Å². The molecule has 47 heavy (non-hydrogen) atoms. The van der Waals surface area contributed by atoms with Crippen LogP contribution in [-0.4, -0.2) is 90.2 Å². The summed E-state index contributed by atoms with van der Waals surface area (Å²) in [7, 11) is 0. The van der Waals surface area contributed by atoms with E-state index in [0.717, 1.165) is 43.3 Å². The Morgan fingerprint density at radius 1 is 1.17 bits per heavy atom. The molecule has 4 heterocycles. The fourth-order valence-electron chi connectivity index (χ4n) is 7.08. The Kier molecular flexibility index (Phi) is 9.48. The molecular weight excluding hydrogens is 631 g/mol. The molecule has 3 aliphatic heterocycles. The van der Waals surface area contributed by atoms with Gasteiger partial charge in [0.1, 0.15) is 18.5 Å². The lowest BCUT2D eigenvalue weighted by Crippen LogP contribution is -2.56. The van der Waals surface area contributed by atoms with Crippen LogP contribution in [0.1, 0.15) is 36.6 Å². The largest absolute Gasteiger partial charge is 0.462 e. The van der Waals surface area contributed by atoms with Gasteiger partial charge in [0.05, 0.1) is 22.8 Å². The van der Waals surface area contributed by atoms with E-state index in [4.69, 9.17) is 32.9 Å². The Morgan fingerprint density at radius 3 is 2.74 bits per heavy atom. The molecule has 6 rings (SSSR count).